The van der Waals surface area contributed by atoms with E-state index in [4.69, 9.17) is 9.47 Å². The molecule has 4 nitrogen and oxygen atoms in total. The van der Waals surface area contributed by atoms with Crippen molar-refractivity contribution in [1.29, 1.82) is 0 Å². The molecule has 0 aliphatic carbocycles. The molecule has 28 heavy (non-hydrogen) atoms. The lowest BCUT2D eigenvalue weighted by Crippen LogP contribution is -1.96. The Morgan fingerprint density at radius 3 is 1.29 bits per heavy atom. The number of nitrogens with zero attached hydrogens (tertiary/aromatic N) is 2. The van der Waals surface area contributed by atoms with Crippen LogP contribution in [0.1, 0.15) is 39.5 Å². The number of unbranched alkanes of at least 4 members (excludes halogenated alkanes) is 2. The van der Waals surface area contributed by atoms with Gasteiger partial charge < -0.3 is 9.47 Å². The van der Waals surface area contributed by atoms with Crippen LogP contribution in [0.5, 0.6) is 11.5 Å². The van der Waals surface area contributed by atoms with Crippen LogP contribution in [0, 0.1) is 0 Å². The molecule has 146 valence electrons. The Morgan fingerprint density at radius 1 is 0.571 bits per heavy atom. The summed E-state index contributed by atoms with van der Waals surface area (Å²) in [7, 11) is 0. The van der Waals surface area contributed by atoms with Crippen LogP contribution in [0.15, 0.2) is 60.7 Å². The van der Waals surface area contributed by atoms with Crippen molar-refractivity contribution in [2.75, 3.05) is 13.2 Å². The number of benzene rings is 2. The van der Waals surface area contributed by atoms with E-state index in [0.29, 0.717) is 0 Å². The van der Waals surface area contributed by atoms with Gasteiger partial charge >= 0.3 is 0 Å². The lowest BCUT2D eigenvalue weighted by Gasteiger charge is -2.07. The molecule has 0 saturated carbocycles. The smallest absolute Gasteiger partial charge is 0.119 e. The first-order valence-electron chi connectivity index (χ1n) is 10.1. The minimum atomic E-state index is 0.757. The predicted molar refractivity (Wildman–Crippen MR) is 114 cm³/mol. The van der Waals surface area contributed by atoms with E-state index in [1.54, 1.807) is 0 Å². The molecule has 0 radical (unpaired) electrons. The number of rotatable bonds is 10. The maximum Gasteiger partial charge on any atom is 0.119 e. The van der Waals surface area contributed by atoms with Gasteiger partial charge in [-0.25, -0.2) is 0 Å². The van der Waals surface area contributed by atoms with Gasteiger partial charge in [0.1, 0.15) is 11.5 Å². The topological polar surface area (TPSA) is 44.2 Å². The molecule has 0 spiro atoms. The summed E-state index contributed by atoms with van der Waals surface area (Å²) in [6.07, 6.45) is 4.41. The van der Waals surface area contributed by atoms with E-state index in [1.165, 1.54) is 0 Å². The second kappa shape index (κ2) is 10.5. The molecule has 0 fully saturated rings. The first-order valence-corrected chi connectivity index (χ1v) is 10.1. The van der Waals surface area contributed by atoms with E-state index in [-0.39, 0.29) is 0 Å². The summed E-state index contributed by atoms with van der Waals surface area (Å²) < 4.78 is 11.4. The van der Waals surface area contributed by atoms with Gasteiger partial charge in [-0.2, -0.15) is 0 Å². The van der Waals surface area contributed by atoms with Crippen molar-refractivity contribution in [3.63, 3.8) is 0 Å². The summed E-state index contributed by atoms with van der Waals surface area (Å²) in [5.41, 5.74) is 3.76. The minimum Gasteiger partial charge on any atom is -0.494 e. The summed E-state index contributed by atoms with van der Waals surface area (Å²) in [5.74, 6) is 1.78. The molecule has 0 aliphatic rings. The van der Waals surface area contributed by atoms with E-state index in [2.05, 4.69) is 24.0 Å². The van der Waals surface area contributed by atoms with Crippen LogP contribution in [-0.4, -0.2) is 23.4 Å². The van der Waals surface area contributed by atoms with Crippen molar-refractivity contribution < 1.29 is 9.47 Å². The average molecular weight is 377 g/mol. The van der Waals surface area contributed by atoms with Crippen LogP contribution < -0.4 is 9.47 Å². The van der Waals surface area contributed by atoms with Gasteiger partial charge in [-0.1, -0.05) is 26.7 Å². The Hall–Kier alpha value is -2.88. The highest BCUT2D eigenvalue weighted by Crippen LogP contribution is 2.24. The zero-order valence-corrected chi connectivity index (χ0v) is 16.7. The maximum absolute atomic E-state index is 5.71. The van der Waals surface area contributed by atoms with Crippen molar-refractivity contribution in [3.8, 4) is 34.0 Å². The molecule has 1 aromatic heterocycles. The first kappa shape index (κ1) is 19.9. The molecule has 3 aromatic rings. The van der Waals surface area contributed by atoms with E-state index in [1.807, 2.05) is 60.7 Å². The lowest BCUT2D eigenvalue weighted by molar-refractivity contribution is 0.309. The Labute approximate surface area is 167 Å². The van der Waals surface area contributed by atoms with Gasteiger partial charge in [-0.05, 0) is 73.5 Å². The summed E-state index contributed by atoms with van der Waals surface area (Å²) >= 11 is 0. The van der Waals surface area contributed by atoms with Crippen LogP contribution in [0.2, 0.25) is 0 Å². The number of hydrogen-bond acceptors (Lipinski definition) is 4. The minimum absolute atomic E-state index is 0.757. The number of aromatic nitrogens is 2. The van der Waals surface area contributed by atoms with Crippen LogP contribution in [-0.2, 0) is 0 Å². The Balaban J connectivity index is 1.63. The zero-order valence-electron chi connectivity index (χ0n) is 16.7. The summed E-state index contributed by atoms with van der Waals surface area (Å²) in [5, 5.41) is 8.78. The Kier molecular flexibility index (Phi) is 7.42. The zero-order chi connectivity index (χ0) is 19.6. The van der Waals surface area contributed by atoms with Crippen LogP contribution in [0.4, 0.5) is 0 Å². The summed E-state index contributed by atoms with van der Waals surface area (Å²) in [6, 6.07) is 20.0. The predicted octanol–water partition coefficient (Wildman–Crippen LogP) is 6.17. The second-order valence-corrected chi connectivity index (χ2v) is 6.76. The van der Waals surface area contributed by atoms with Gasteiger partial charge in [0.05, 0.1) is 24.6 Å². The third-order valence-corrected chi connectivity index (χ3v) is 4.50. The van der Waals surface area contributed by atoms with Crippen molar-refractivity contribution in [1.82, 2.24) is 10.2 Å². The highest BCUT2D eigenvalue weighted by Gasteiger charge is 2.05. The van der Waals surface area contributed by atoms with E-state index in [9.17, 15) is 0 Å². The van der Waals surface area contributed by atoms with Crippen molar-refractivity contribution in [2.24, 2.45) is 0 Å². The standard InChI is InChI=1S/C24H28N2O2/c1-3-5-17-27-21-11-7-19(8-12-21)23-15-16-24(26-25-23)20-9-13-22(14-10-20)28-18-6-4-2/h7-16H,3-6,17-18H2,1-2H3. The maximum atomic E-state index is 5.71. The van der Waals surface area contributed by atoms with E-state index >= 15 is 0 Å². The summed E-state index contributed by atoms with van der Waals surface area (Å²) in [4.78, 5) is 0. The lowest BCUT2D eigenvalue weighted by atomic mass is 10.1. The molecule has 0 aliphatic heterocycles. The van der Waals surface area contributed by atoms with Crippen molar-refractivity contribution in [2.45, 2.75) is 39.5 Å². The van der Waals surface area contributed by atoms with Crippen LogP contribution >= 0.6 is 0 Å². The monoisotopic (exact) mass is 376 g/mol. The fourth-order valence-electron chi connectivity index (χ4n) is 2.75. The molecule has 4 heteroatoms. The van der Waals surface area contributed by atoms with Crippen LogP contribution in [0.3, 0.4) is 0 Å². The van der Waals surface area contributed by atoms with Gasteiger partial charge in [-0.15, -0.1) is 10.2 Å². The highest BCUT2D eigenvalue weighted by atomic mass is 16.5. The van der Waals surface area contributed by atoms with Gasteiger partial charge in [-0.3, -0.25) is 0 Å². The van der Waals surface area contributed by atoms with Gasteiger partial charge in [0.25, 0.3) is 0 Å². The molecular formula is C24H28N2O2. The van der Waals surface area contributed by atoms with Gasteiger partial charge in [0, 0.05) is 11.1 Å². The molecule has 0 N–H and O–H groups in total. The van der Waals surface area contributed by atoms with E-state index < -0.39 is 0 Å². The SMILES string of the molecule is CCCCOc1ccc(-c2ccc(-c3ccc(OCCCC)cc3)nn2)cc1. The highest BCUT2D eigenvalue weighted by molar-refractivity contribution is 5.64. The molecule has 0 saturated heterocycles. The number of ether oxygens (including phenoxy) is 2. The third-order valence-electron chi connectivity index (χ3n) is 4.50. The quantitative estimate of drug-likeness (QED) is 0.397. The van der Waals surface area contributed by atoms with Crippen LogP contribution in [0.25, 0.3) is 22.5 Å². The van der Waals surface area contributed by atoms with Gasteiger partial charge in [0.15, 0.2) is 0 Å². The largest absolute Gasteiger partial charge is 0.494 e. The molecule has 0 amide bonds. The molecule has 2 aromatic carbocycles. The molecular weight excluding hydrogens is 348 g/mol. The molecule has 0 atom stereocenters. The molecule has 1 heterocycles. The number of hydrogen-bond donors (Lipinski definition) is 0. The normalized spacial score (nSPS) is 10.6. The fraction of sp³-hybridized carbons (Fsp3) is 0.333. The first-order chi connectivity index (χ1) is 13.8. The van der Waals surface area contributed by atoms with Crippen molar-refractivity contribution >= 4 is 0 Å². The van der Waals surface area contributed by atoms with Crippen molar-refractivity contribution in [3.05, 3.63) is 60.7 Å². The average Bonchev–Trinajstić information content (AvgIpc) is 2.75. The Bertz CT molecular complexity index is 755. The molecule has 0 unspecified atom stereocenters. The summed E-state index contributed by atoms with van der Waals surface area (Å²) in [6.45, 7) is 5.83. The molecule has 0 bridgehead atoms. The second-order valence-electron chi connectivity index (χ2n) is 6.76. The van der Waals surface area contributed by atoms with Gasteiger partial charge in [0.2, 0.25) is 0 Å². The third kappa shape index (κ3) is 5.56. The van der Waals surface area contributed by atoms with E-state index in [0.717, 1.165) is 72.9 Å². The Morgan fingerprint density at radius 2 is 0.964 bits per heavy atom. The fourth-order valence-corrected chi connectivity index (χ4v) is 2.75. The molecule has 3 rings (SSSR count).